The maximum Gasteiger partial charge on any atom is 0.267 e. The number of aromatic amines is 1. The zero-order valence-electron chi connectivity index (χ0n) is 16.2. The Bertz CT molecular complexity index is 1210. The predicted octanol–water partition coefficient (Wildman–Crippen LogP) is 3.06. The highest BCUT2D eigenvalue weighted by Crippen LogP contribution is 2.18. The third-order valence-electron chi connectivity index (χ3n) is 4.90. The van der Waals surface area contributed by atoms with Crippen LogP contribution in [0.1, 0.15) is 11.1 Å². The molecule has 146 valence electrons. The second kappa shape index (κ2) is 8.14. The first-order valence-corrected chi connectivity index (χ1v) is 9.57. The minimum absolute atomic E-state index is 0.105. The monoisotopic (exact) mass is 386 g/mol. The number of H-pyrrole nitrogens is 1. The van der Waals surface area contributed by atoms with Crippen LogP contribution >= 0.6 is 0 Å². The van der Waals surface area contributed by atoms with Crippen molar-refractivity contribution in [3.8, 4) is 11.3 Å². The minimum atomic E-state index is -0.298. The van der Waals surface area contributed by atoms with Gasteiger partial charge in [0.2, 0.25) is 5.91 Å². The van der Waals surface area contributed by atoms with Gasteiger partial charge in [0.15, 0.2) is 0 Å². The average Bonchev–Trinajstić information content (AvgIpc) is 3.14. The van der Waals surface area contributed by atoms with Gasteiger partial charge in [-0.05, 0) is 31.0 Å². The largest absolute Gasteiger partial charge is 0.361 e. The number of aryl methyl sites for hydroxylation is 1. The van der Waals surface area contributed by atoms with Crippen molar-refractivity contribution in [3.05, 3.63) is 88.3 Å². The van der Waals surface area contributed by atoms with Crippen molar-refractivity contribution in [2.75, 3.05) is 6.54 Å². The van der Waals surface area contributed by atoms with Gasteiger partial charge in [0.1, 0.15) is 6.54 Å². The van der Waals surface area contributed by atoms with E-state index in [9.17, 15) is 9.59 Å². The summed E-state index contributed by atoms with van der Waals surface area (Å²) in [4.78, 5) is 27.7. The molecule has 6 nitrogen and oxygen atoms in total. The van der Waals surface area contributed by atoms with E-state index in [1.807, 2.05) is 55.6 Å². The molecule has 0 saturated heterocycles. The Morgan fingerprint density at radius 3 is 2.69 bits per heavy atom. The number of rotatable bonds is 6. The summed E-state index contributed by atoms with van der Waals surface area (Å²) in [5.41, 5.74) is 4.65. The molecule has 0 aliphatic rings. The standard InChI is InChI=1S/C23H22N4O2/c1-16-6-8-17(9-7-16)20-10-11-23(29)27(26-20)15-22(28)24-13-12-18-14-25-21-5-3-2-4-19(18)21/h2-11,14,25H,12-13,15H2,1H3,(H,24,28). The molecule has 0 aliphatic heterocycles. The summed E-state index contributed by atoms with van der Waals surface area (Å²) in [6.07, 6.45) is 2.68. The molecule has 2 aromatic heterocycles. The van der Waals surface area contributed by atoms with Gasteiger partial charge in [0, 0.05) is 35.3 Å². The summed E-state index contributed by atoms with van der Waals surface area (Å²) in [5.74, 6) is -0.236. The lowest BCUT2D eigenvalue weighted by Crippen LogP contribution is -2.34. The van der Waals surface area contributed by atoms with Crippen LogP contribution in [0, 0.1) is 6.92 Å². The van der Waals surface area contributed by atoms with E-state index in [1.165, 1.54) is 10.7 Å². The molecular formula is C23H22N4O2. The number of para-hydroxylation sites is 1. The van der Waals surface area contributed by atoms with Crippen LogP contribution in [0.5, 0.6) is 0 Å². The summed E-state index contributed by atoms with van der Waals surface area (Å²) in [7, 11) is 0. The maximum atomic E-state index is 12.3. The van der Waals surface area contributed by atoms with Crippen molar-refractivity contribution in [2.24, 2.45) is 0 Å². The van der Waals surface area contributed by atoms with Gasteiger partial charge < -0.3 is 10.3 Å². The lowest BCUT2D eigenvalue weighted by Gasteiger charge is -2.08. The molecule has 0 spiro atoms. The molecular weight excluding hydrogens is 364 g/mol. The molecule has 29 heavy (non-hydrogen) atoms. The van der Waals surface area contributed by atoms with E-state index in [-0.39, 0.29) is 18.0 Å². The lowest BCUT2D eigenvalue weighted by molar-refractivity contribution is -0.121. The fraction of sp³-hybridized carbons (Fsp3) is 0.174. The molecule has 2 heterocycles. The van der Waals surface area contributed by atoms with Crippen LogP contribution in [-0.2, 0) is 17.8 Å². The molecule has 2 N–H and O–H groups in total. The van der Waals surface area contributed by atoms with Crippen LogP contribution in [-0.4, -0.2) is 27.2 Å². The second-order valence-corrected chi connectivity index (χ2v) is 7.04. The third kappa shape index (κ3) is 4.27. The fourth-order valence-corrected chi connectivity index (χ4v) is 3.31. The van der Waals surface area contributed by atoms with Crippen molar-refractivity contribution in [1.82, 2.24) is 20.1 Å². The smallest absolute Gasteiger partial charge is 0.267 e. The molecule has 0 aliphatic carbocycles. The maximum absolute atomic E-state index is 12.3. The van der Waals surface area contributed by atoms with E-state index in [0.29, 0.717) is 18.7 Å². The van der Waals surface area contributed by atoms with Crippen molar-refractivity contribution >= 4 is 16.8 Å². The third-order valence-corrected chi connectivity index (χ3v) is 4.90. The van der Waals surface area contributed by atoms with Gasteiger partial charge in [-0.3, -0.25) is 9.59 Å². The Labute approximate surface area is 168 Å². The Kier molecular flexibility index (Phi) is 5.24. The molecule has 6 heteroatoms. The van der Waals surface area contributed by atoms with Gasteiger partial charge >= 0.3 is 0 Å². The summed E-state index contributed by atoms with van der Waals surface area (Å²) in [5, 5.41) is 8.38. The highest BCUT2D eigenvalue weighted by molar-refractivity contribution is 5.83. The summed E-state index contributed by atoms with van der Waals surface area (Å²) < 4.78 is 1.20. The number of hydrogen-bond acceptors (Lipinski definition) is 3. The average molecular weight is 386 g/mol. The SMILES string of the molecule is Cc1ccc(-c2ccc(=O)n(CC(=O)NCCc3c[nH]c4ccccc34)n2)cc1. The van der Waals surface area contributed by atoms with Gasteiger partial charge in [-0.15, -0.1) is 0 Å². The summed E-state index contributed by atoms with van der Waals surface area (Å²) in [6, 6.07) is 19.1. The normalized spacial score (nSPS) is 10.9. The van der Waals surface area contributed by atoms with E-state index in [4.69, 9.17) is 0 Å². The first kappa shape index (κ1) is 18.7. The van der Waals surface area contributed by atoms with E-state index in [1.54, 1.807) is 6.07 Å². The number of carbonyl (C=O) groups is 1. The molecule has 0 fully saturated rings. The Balaban J connectivity index is 1.39. The van der Waals surface area contributed by atoms with Crippen molar-refractivity contribution < 1.29 is 4.79 Å². The van der Waals surface area contributed by atoms with Crippen molar-refractivity contribution in [2.45, 2.75) is 19.9 Å². The van der Waals surface area contributed by atoms with Crippen LogP contribution in [0.15, 0.2) is 71.7 Å². The minimum Gasteiger partial charge on any atom is -0.361 e. The number of benzene rings is 2. The number of aromatic nitrogens is 3. The number of nitrogens with zero attached hydrogens (tertiary/aromatic N) is 2. The Morgan fingerprint density at radius 2 is 1.86 bits per heavy atom. The van der Waals surface area contributed by atoms with Crippen LogP contribution in [0.25, 0.3) is 22.2 Å². The van der Waals surface area contributed by atoms with Crippen LogP contribution in [0.4, 0.5) is 0 Å². The predicted molar refractivity (Wildman–Crippen MR) is 114 cm³/mol. The number of fused-ring (bicyclic) bond motifs is 1. The molecule has 0 saturated carbocycles. The molecule has 0 bridgehead atoms. The first-order chi connectivity index (χ1) is 14.1. The number of nitrogens with one attached hydrogen (secondary N) is 2. The van der Waals surface area contributed by atoms with Crippen LogP contribution in [0.3, 0.4) is 0 Å². The molecule has 0 atom stereocenters. The summed E-state index contributed by atoms with van der Waals surface area (Å²) in [6.45, 7) is 2.40. The highest BCUT2D eigenvalue weighted by atomic mass is 16.2. The zero-order chi connectivity index (χ0) is 20.2. The first-order valence-electron chi connectivity index (χ1n) is 9.57. The van der Waals surface area contributed by atoms with Crippen LogP contribution in [0.2, 0.25) is 0 Å². The highest BCUT2D eigenvalue weighted by Gasteiger charge is 2.09. The molecule has 0 radical (unpaired) electrons. The van der Waals surface area contributed by atoms with Crippen molar-refractivity contribution in [1.29, 1.82) is 0 Å². The second-order valence-electron chi connectivity index (χ2n) is 7.04. The van der Waals surface area contributed by atoms with Gasteiger partial charge in [-0.1, -0.05) is 48.0 Å². The van der Waals surface area contributed by atoms with Crippen molar-refractivity contribution in [3.63, 3.8) is 0 Å². The number of hydrogen-bond donors (Lipinski definition) is 2. The lowest BCUT2D eigenvalue weighted by atomic mass is 10.1. The van der Waals surface area contributed by atoms with Crippen LogP contribution < -0.4 is 10.9 Å². The van der Waals surface area contributed by atoms with Gasteiger partial charge in [-0.25, -0.2) is 4.68 Å². The molecule has 0 unspecified atom stereocenters. The Morgan fingerprint density at radius 1 is 1.07 bits per heavy atom. The van der Waals surface area contributed by atoms with Gasteiger partial charge in [-0.2, -0.15) is 5.10 Å². The quantitative estimate of drug-likeness (QED) is 0.534. The summed E-state index contributed by atoms with van der Waals surface area (Å²) >= 11 is 0. The van der Waals surface area contributed by atoms with E-state index < -0.39 is 0 Å². The zero-order valence-corrected chi connectivity index (χ0v) is 16.2. The molecule has 4 aromatic rings. The van der Waals surface area contributed by atoms with E-state index in [0.717, 1.165) is 27.6 Å². The Hall–Kier alpha value is -3.67. The molecule has 4 rings (SSSR count). The topological polar surface area (TPSA) is 79.8 Å². The van der Waals surface area contributed by atoms with Gasteiger partial charge in [0.25, 0.3) is 5.56 Å². The molecule has 2 aromatic carbocycles. The van der Waals surface area contributed by atoms with E-state index >= 15 is 0 Å². The fourth-order valence-electron chi connectivity index (χ4n) is 3.31. The number of carbonyl (C=O) groups excluding carboxylic acids is 1. The number of amides is 1. The molecule has 1 amide bonds. The van der Waals surface area contributed by atoms with Gasteiger partial charge in [0.05, 0.1) is 5.69 Å². The van der Waals surface area contributed by atoms with E-state index in [2.05, 4.69) is 21.5 Å².